The van der Waals surface area contributed by atoms with Crippen LogP contribution in [-0.2, 0) is 4.79 Å². The first-order chi connectivity index (χ1) is 15.8. The molecular formula is C28H39ClN2O2. The van der Waals surface area contributed by atoms with Crippen molar-refractivity contribution in [3.63, 3.8) is 0 Å². The van der Waals surface area contributed by atoms with E-state index in [2.05, 4.69) is 52.3 Å². The molecule has 1 aliphatic heterocycles. The van der Waals surface area contributed by atoms with Crippen LogP contribution in [0.15, 0.2) is 54.6 Å². The van der Waals surface area contributed by atoms with Crippen molar-refractivity contribution in [3.05, 3.63) is 60.2 Å². The van der Waals surface area contributed by atoms with Crippen LogP contribution in [0.2, 0.25) is 0 Å². The van der Waals surface area contributed by atoms with Crippen LogP contribution in [0.1, 0.15) is 56.9 Å². The number of hydrogen-bond donors (Lipinski definition) is 0. The van der Waals surface area contributed by atoms with E-state index in [0.29, 0.717) is 12.4 Å². The summed E-state index contributed by atoms with van der Waals surface area (Å²) in [7, 11) is 0. The van der Waals surface area contributed by atoms with Gasteiger partial charge in [0.25, 0.3) is 0 Å². The molecule has 0 radical (unpaired) electrons. The summed E-state index contributed by atoms with van der Waals surface area (Å²) in [5, 5.41) is 0. The van der Waals surface area contributed by atoms with E-state index < -0.39 is 0 Å². The van der Waals surface area contributed by atoms with E-state index in [1.54, 1.807) is 0 Å². The predicted octanol–water partition coefficient (Wildman–Crippen LogP) is 5.95. The van der Waals surface area contributed by atoms with Crippen molar-refractivity contribution >= 4 is 23.9 Å². The number of Topliss-reactive ketones (excluding diaryl/α,β-unsaturated/α-hetero) is 1. The fourth-order valence-corrected chi connectivity index (χ4v) is 5.35. The van der Waals surface area contributed by atoms with Crippen molar-refractivity contribution in [3.8, 4) is 5.75 Å². The fraction of sp³-hybridized carbons (Fsp3) is 0.536. The van der Waals surface area contributed by atoms with Gasteiger partial charge in [-0.25, -0.2) is 0 Å². The first-order valence-electron chi connectivity index (χ1n) is 12.5. The molecule has 2 aliphatic rings. The van der Waals surface area contributed by atoms with Gasteiger partial charge in [-0.3, -0.25) is 9.69 Å². The number of halogens is 1. The van der Waals surface area contributed by atoms with Gasteiger partial charge in [-0.1, -0.05) is 61.7 Å². The number of rotatable bonds is 9. The Balaban J connectivity index is 0.00000306. The molecule has 4 nitrogen and oxygen atoms in total. The molecule has 33 heavy (non-hydrogen) atoms. The van der Waals surface area contributed by atoms with Crippen molar-refractivity contribution in [2.45, 2.75) is 51.4 Å². The molecule has 2 aromatic rings. The second kappa shape index (κ2) is 13.0. The Kier molecular flexibility index (Phi) is 10.1. The number of para-hydroxylation sites is 2. The Morgan fingerprint density at radius 3 is 2.30 bits per heavy atom. The van der Waals surface area contributed by atoms with Crippen molar-refractivity contribution in [1.82, 2.24) is 4.90 Å². The second-order valence-electron chi connectivity index (χ2n) is 9.22. The lowest BCUT2D eigenvalue weighted by Gasteiger charge is -2.37. The predicted molar refractivity (Wildman–Crippen MR) is 139 cm³/mol. The van der Waals surface area contributed by atoms with E-state index in [0.717, 1.165) is 57.7 Å². The highest BCUT2D eigenvalue weighted by Gasteiger charge is 2.30. The molecule has 0 spiro atoms. The zero-order chi connectivity index (χ0) is 22.2. The number of ether oxygens (including phenoxy) is 1. The summed E-state index contributed by atoms with van der Waals surface area (Å²) in [5.41, 5.74) is 2.40. The third-order valence-electron chi connectivity index (χ3n) is 7.17. The van der Waals surface area contributed by atoms with Gasteiger partial charge in [0.2, 0.25) is 0 Å². The molecule has 1 saturated carbocycles. The highest BCUT2D eigenvalue weighted by atomic mass is 35.5. The maximum atomic E-state index is 13.5. The summed E-state index contributed by atoms with van der Waals surface area (Å²) in [6.07, 6.45) is 6.80. The Labute approximate surface area is 205 Å². The third-order valence-corrected chi connectivity index (χ3v) is 7.17. The van der Waals surface area contributed by atoms with E-state index in [1.807, 2.05) is 19.1 Å². The van der Waals surface area contributed by atoms with Crippen LogP contribution in [0.5, 0.6) is 5.75 Å². The molecular weight excluding hydrogens is 432 g/mol. The molecule has 1 heterocycles. The van der Waals surface area contributed by atoms with Gasteiger partial charge in [0.15, 0.2) is 0 Å². The summed E-state index contributed by atoms with van der Waals surface area (Å²) >= 11 is 0. The number of benzene rings is 2. The standard InChI is InChI=1S/C28H38N2O2.ClH/c1-2-32-27-16-10-9-15-26(27)30-21-19-29(20-22-30)18-17-25(23-11-5-3-6-12-23)28(31)24-13-7-4-8-14-24;/h3,5-6,9-12,15-16,24-25H,2,4,7-8,13-14,17-22H2,1H3;1H. The summed E-state index contributed by atoms with van der Waals surface area (Å²) in [6.45, 7) is 7.75. The molecule has 1 aliphatic carbocycles. The number of piperazine rings is 1. The zero-order valence-corrected chi connectivity index (χ0v) is 20.8. The third kappa shape index (κ3) is 6.74. The van der Waals surface area contributed by atoms with Crippen LogP contribution in [0.3, 0.4) is 0 Å². The smallest absolute Gasteiger partial charge is 0.143 e. The number of hydrogen-bond acceptors (Lipinski definition) is 4. The van der Waals surface area contributed by atoms with Gasteiger partial charge in [-0.15, -0.1) is 12.4 Å². The van der Waals surface area contributed by atoms with Gasteiger partial charge in [0.05, 0.1) is 12.3 Å². The minimum Gasteiger partial charge on any atom is -0.492 e. The van der Waals surface area contributed by atoms with Crippen molar-refractivity contribution < 1.29 is 9.53 Å². The molecule has 1 saturated heterocycles. The van der Waals surface area contributed by atoms with Crippen molar-refractivity contribution in [2.75, 3.05) is 44.2 Å². The molecule has 0 bridgehead atoms. The van der Waals surface area contributed by atoms with Crippen LogP contribution in [0, 0.1) is 5.92 Å². The number of nitrogens with zero attached hydrogens (tertiary/aromatic N) is 2. The first-order valence-corrected chi connectivity index (χ1v) is 12.5. The maximum Gasteiger partial charge on any atom is 0.143 e. The van der Waals surface area contributed by atoms with Gasteiger partial charge in [-0.2, -0.15) is 0 Å². The summed E-state index contributed by atoms with van der Waals surface area (Å²) in [6, 6.07) is 18.8. The van der Waals surface area contributed by atoms with Crippen LogP contribution >= 0.6 is 12.4 Å². The number of carbonyl (C=O) groups is 1. The molecule has 5 heteroatoms. The molecule has 4 rings (SSSR count). The molecule has 0 amide bonds. The fourth-order valence-electron chi connectivity index (χ4n) is 5.35. The SMILES string of the molecule is CCOc1ccccc1N1CCN(CCC(C(=O)C2CCCCC2)c2ccccc2)CC1.Cl. The highest BCUT2D eigenvalue weighted by molar-refractivity contribution is 5.88. The molecule has 2 aromatic carbocycles. The minimum absolute atomic E-state index is 0. The zero-order valence-electron chi connectivity index (χ0n) is 20.0. The van der Waals surface area contributed by atoms with Gasteiger partial charge in [0, 0.05) is 38.0 Å². The maximum absolute atomic E-state index is 13.5. The molecule has 1 atom stereocenters. The highest BCUT2D eigenvalue weighted by Crippen LogP contribution is 2.33. The monoisotopic (exact) mass is 470 g/mol. The average molecular weight is 471 g/mol. The van der Waals surface area contributed by atoms with E-state index in [4.69, 9.17) is 4.74 Å². The molecule has 1 unspecified atom stereocenters. The van der Waals surface area contributed by atoms with Crippen molar-refractivity contribution in [1.29, 1.82) is 0 Å². The minimum atomic E-state index is 0. The van der Waals surface area contributed by atoms with E-state index in [-0.39, 0.29) is 24.2 Å². The van der Waals surface area contributed by atoms with Gasteiger partial charge >= 0.3 is 0 Å². The van der Waals surface area contributed by atoms with E-state index >= 15 is 0 Å². The van der Waals surface area contributed by atoms with Crippen LogP contribution in [-0.4, -0.2) is 50.0 Å². The van der Waals surface area contributed by atoms with E-state index in [9.17, 15) is 4.79 Å². The largest absolute Gasteiger partial charge is 0.492 e. The summed E-state index contributed by atoms with van der Waals surface area (Å²) in [4.78, 5) is 18.4. The Morgan fingerprint density at radius 2 is 1.61 bits per heavy atom. The van der Waals surface area contributed by atoms with Crippen LogP contribution in [0.4, 0.5) is 5.69 Å². The van der Waals surface area contributed by atoms with Crippen LogP contribution < -0.4 is 9.64 Å². The van der Waals surface area contributed by atoms with E-state index in [1.165, 1.54) is 30.5 Å². The topological polar surface area (TPSA) is 32.8 Å². The molecule has 0 aromatic heterocycles. The summed E-state index contributed by atoms with van der Waals surface area (Å²) in [5.74, 6) is 1.77. The molecule has 180 valence electrons. The lowest BCUT2D eigenvalue weighted by atomic mass is 9.78. The average Bonchev–Trinajstić information content (AvgIpc) is 2.86. The van der Waals surface area contributed by atoms with Crippen molar-refractivity contribution in [2.24, 2.45) is 5.92 Å². The van der Waals surface area contributed by atoms with Crippen LogP contribution in [0.25, 0.3) is 0 Å². The van der Waals surface area contributed by atoms with Gasteiger partial charge in [-0.05, 0) is 50.4 Å². The Morgan fingerprint density at radius 1 is 0.939 bits per heavy atom. The molecule has 0 N–H and O–H groups in total. The van der Waals surface area contributed by atoms with Gasteiger partial charge in [0.1, 0.15) is 11.5 Å². The second-order valence-corrected chi connectivity index (χ2v) is 9.22. The van der Waals surface area contributed by atoms with Gasteiger partial charge < -0.3 is 9.64 Å². The normalized spacial score (nSPS) is 18.4. The lowest BCUT2D eigenvalue weighted by molar-refractivity contribution is -0.125. The Bertz CT molecular complexity index is 846. The number of carbonyl (C=O) groups excluding carboxylic acids is 1. The summed E-state index contributed by atoms with van der Waals surface area (Å²) < 4.78 is 5.84. The lowest BCUT2D eigenvalue weighted by Crippen LogP contribution is -2.47. The first kappa shape index (κ1) is 25.6. The molecule has 2 fully saturated rings. The quantitative estimate of drug-likeness (QED) is 0.453. The Hall–Kier alpha value is -2.04. The number of ketones is 1. The number of anilines is 1.